The van der Waals surface area contributed by atoms with E-state index in [4.69, 9.17) is 28.9 Å². The molecule has 122 valence electrons. The van der Waals surface area contributed by atoms with Crippen LogP contribution in [0.5, 0.6) is 0 Å². The highest BCUT2D eigenvalue weighted by Crippen LogP contribution is 2.38. The number of hydrogen-bond acceptors (Lipinski definition) is 5. The van der Waals surface area contributed by atoms with Crippen LogP contribution in [-0.4, -0.2) is 23.1 Å². The fraction of sp³-hybridized carbons (Fsp3) is 0.375. The summed E-state index contributed by atoms with van der Waals surface area (Å²) in [6, 6.07) is 5.50. The number of rotatable bonds is 3. The zero-order valence-electron chi connectivity index (χ0n) is 12.6. The lowest BCUT2D eigenvalue weighted by molar-refractivity contribution is 0.726. The van der Waals surface area contributed by atoms with E-state index in [0.717, 1.165) is 23.8 Å². The van der Waals surface area contributed by atoms with Crippen LogP contribution in [0.4, 0.5) is 11.6 Å². The molecule has 0 radical (unpaired) electrons. The molecule has 0 atom stereocenters. The first-order valence-electron chi connectivity index (χ1n) is 7.64. The Morgan fingerprint density at radius 3 is 2.52 bits per heavy atom. The van der Waals surface area contributed by atoms with Crippen molar-refractivity contribution in [3.05, 3.63) is 34.4 Å². The number of nitrogens with two attached hydrogens (primary N) is 1. The quantitative estimate of drug-likeness (QED) is 0.834. The molecule has 2 heterocycles. The van der Waals surface area contributed by atoms with Crippen LogP contribution < -0.4 is 10.6 Å². The van der Waals surface area contributed by atoms with E-state index < -0.39 is 0 Å². The molecule has 2 N–H and O–H groups in total. The van der Waals surface area contributed by atoms with Crippen LogP contribution in [0.25, 0.3) is 0 Å². The number of aromatic nitrogens is 2. The van der Waals surface area contributed by atoms with Gasteiger partial charge in [0.15, 0.2) is 5.82 Å². The van der Waals surface area contributed by atoms with Crippen LogP contribution in [0.2, 0.25) is 10.0 Å². The second-order valence-corrected chi connectivity index (χ2v) is 7.29. The number of nitrogens with zero attached hydrogens (tertiary/aromatic N) is 3. The second kappa shape index (κ2) is 7.60. The van der Waals surface area contributed by atoms with Crippen molar-refractivity contribution < 1.29 is 0 Å². The van der Waals surface area contributed by atoms with E-state index in [2.05, 4.69) is 14.9 Å². The molecule has 1 fully saturated rings. The van der Waals surface area contributed by atoms with Crippen molar-refractivity contribution in [3.63, 3.8) is 0 Å². The Hall–Kier alpha value is -1.17. The van der Waals surface area contributed by atoms with Crippen LogP contribution in [0.15, 0.2) is 34.3 Å². The van der Waals surface area contributed by atoms with Crippen LogP contribution in [0.3, 0.4) is 0 Å². The Morgan fingerprint density at radius 1 is 1.09 bits per heavy atom. The first-order valence-corrected chi connectivity index (χ1v) is 9.22. The van der Waals surface area contributed by atoms with Gasteiger partial charge in [-0.3, -0.25) is 0 Å². The summed E-state index contributed by atoms with van der Waals surface area (Å²) in [6.45, 7) is 2.03. The van der Waals surface area contributed by atoms with E-state index in [1.54, 1.807) is 12.3 Å². The Morgan fingerprint density at radius 2 is 1.83 bits per heavy atom. The van der Waals surface area contributed by atoms with Crippen molar-refractivity contribution in [2.45, 2.75) is 35.6 Å². The molecule has 0 aliphatic carbocycles. The number of halogens is 2. The van der Waals surface area contributed by atoms with E-state index >= 15 is 0 Å². The number of anilines is 2. The molecule has 23 heavy (non-hydrogen) atoms. The summed E-state index contributed by atoms with van der Waals surface area (Å²) < 4.78 is 0. The van der Waals surface area contributed by atoms with E-state index in [-0.39, 0.29) is 0 Å². The first kappa shape index (κ1) is 16.7. The first-order chi connectivity index (χ1) is 11.1. The Labute approximate surface area is 150 Å². The standard InChI is InChI=1S/C16H18Cl2N4S/c17-11-6-5-7-12(14(11)18)23-16-15(19)21-13(10-20-16)22-8-3-1-2-4-9-22/h5-7,10H,1-4,8-9H2,(H2,19,21). The summed E-state index contributed by atoms with van der Waals surface area (Å²) >= 11 is 13.6. The van der Waals surface area contributed by atoms with Crippen molar-refractivity contribution in [1.82, 2.24) is 9.97 Å². The maximum absolute atomic E-state index is 6.22. The van der Waals surface area contributed by atoms with Gasteiger partial charge in [-0.25, -0.2) is 9.97 Å². The summed E-state index contributed by atoms with van der Waals surface area (Å²) in [7, 11) is 0. The van der Waals surface area contributed by atoms with Gasteiger partial charge in [0.2, 0.25) is 0 Å². The van der Waals surface area contributed by atoms with E-state index in [1.165, 1.54) is 37.4 Å². The average Bonchev–Trinajstić information content (AvgIpc) is 2.83. The molecule has 3 rings (SSSR count). The molecule has 0 unspecified atom stereocenters. The number of benzene rings is 1. The van der Waals surface area contributed by atoms with Crippen LogP contribution in [0.1, 0.15) is 25.7 Å². The molecule has 1 aromatic carbocycles. The second-order valence-electron chi connectivity index (χ2n) is 5.47. The summed E-state index contributed by atoms with van der Waals surface area (Å²) in [5, 5.41) is 1.68. The number of nitrogen functional groups attached to an aromatic ring is 1. The normalized spacial score (nSPS) is 15.5. The summed E-state index contributed by atoms with van der Waals surface area (Å²) in [5.74, 6) is 1.28. The van der Waals surface area contributed by atoms with Gasteiger partial charge in [0.05, 0.1) is 16.2 Å². The molecule has 1 saturated heterocycles. The Kier molecular flexibility index (Phi) is 5.51. The van der Waals surface area contributed by atoms with Crippen LogP contribution in [0, 0.1) is 0 Å². The van der Waals surface area contributed by atoms with Gasteiger partial charge in [-0.15, -0.1) is 0 Å². The largest absolute Gasteiger partial charge is 0.381 e. The van der Waals surface area contributed by atoms with Crippen molar-refractivity contribution in [1.29, 1.82) is 0 Å². The van der Waals surface area contributed by atoms with E-state index in [1.807, 2.05) is 12.1 Å². The van der Waals surface area contributed by atoms with Gasteiger partial charge in [0, 0.05) is 18.0 Å². The lowest BCUT2D eigenvalue weighted by Crippen LogP contribution is -2.25. The van der Waals surface area contributed by atoms with Crippen molar-refractivity contribution in [2.75, 3.05) is 23.7 Å². The maximum Gasteiger partial charge on any atom is 0.158 e. The molecule has 0 spiro atoms. The average molecular weight is 369 g/mol. The molecule has 7 heteroatoms. The van der Waals surface area contributed by atoms with Gasteiger partial charge in [0.25, 0.3) is 0 Å². The Balaban J connectivity index is 1.80. The topological polar surface area (TPSA) is 55.0 Å². The summed E-state index contributed by atoms with van der Waals surface area (Å²) in [4.78, 5) is 12.1. The van der Waals surface area contributed by atoms with Crippen molar-refractivity contribution >= 4 is 46.6 Å². The molecule has 0 saturated carbocycles. The molecule has 4 nitrogen and oxygen atoms in total. The predicted octanol–water partition coefficient (Wildman–Crippen LogP) is 4.90. The zero-order valence-corrected chi connectivity index (χ0v) is 15.0. The third-order valence-electron chi connectivity index (χ3n) is 3.80. The van der Waals surface area contributed by atoms with E-state index in [0.29, 0.717) is 20.9 Å². The molecule has 1 aliphatic heterocycles. The molecule has 1 aromatic heterocycles. The fourth-order valence-corrected chi connectivity index (χ4v) is 3.86. The van der Waals surface area contributed by atoms with Crippen molar-refractivity contribution in [3.8, 4) is 0 Å². The van der Waals surface area contributed by atoms with Crippen LogP contribution in [-0.2, 0) is 0 Å². The highest BCUT2D eigenvalue weighted by Gasteiger charge is 2.15. The molecule has 0 bridgehead atoms. The third-order valence-corrected chi connectivity index (χ3v) is 5.80. The Bertz CT molecular complexity index is 688. The van der Waals surface area contributed by atoms with Gasteiger partial charge in [0.1, 0.15) is 10.8 Å². The minimum Gasteiger partial charge on any atom is -0.381 e. The monoisotopic (exact) mass is 368 g/mol. The van der Waals surface area contributed by atoms with E-state index in [9.17, 15) is 0 Å². The predicted molar refractivity (Wildman–Crippen MR) is 97.7 cm³/mol. The maximum atomic E-state index is 6.22. The third kappa shape index (κ3) is 4.03. The molecule has 2 aromatic rings. The lowest BCUT2D eigenvalue weighted by atomic mass is 10.2. The smallest absolute Gasteiger partial charge is 0.158 e. The molecule has 1 aliphatic rings. The highest BCUT2D eigenvalue weighted by atomic mass is 35.5. The molecule has 0 amide bonds. The summed E-state index contributed by atoms with van der Waals surface area (Å²) in [5.41, 5.74) is 6.11. The van der Waals surface area contributed by atoms with Gasteiger partial charge in [-0.1, -0.05) is 53.9 Å². The fourth-order valence-electron chi connectivity index (χ4n) is 2.58. The van der Waals surface area contributed by atoms with Gasteiger partial charge < -0.3 is 10.6 Å². The van der Waals surface area contributed by atoms with Gasteiger partial charge in [-0.05, 0) is 25.0 Å². The molecular weight excluding hydrogens is 351 g/mol. The lowest BCUT2D eigenvalue weighted by Gasteiger charge is -2.21. The van der Waals surface area contributed by atoms with Crippen LogP contribution >= 0.6 is 35.0 Å². The molecular formula is C16H18Cl2N4S. The number of hydrogen-bond donors (Lipinski definition) is 1. The minimum atomic E-state index is 0.424. The van der Waals surface area contributed by atoms with Crippen molar-refractivity contribution in [2.24, 2.45) is 0 Å². The summed E-state index contributed by atoms with van der Waals surface area (Å²) in [6.07, 6.45) is 6.73. The zero-order chi connectivity index (χ0) is 16.2. The van der Waals surface area contributed by atoms with Gasteiger partial charge >= 0.3 is 0 Å². The SMILES string of the molecule is Nc1nc(N2CCCCCC2)cnc1Sc1cccc(Cl)c1Cl. The highest BCUT2D eigenvalue weighted by molar-refractivity contribution is 7.99. The minimum absolute atomic E-state index is 0.424. The van der Waals surface area contributed by atoms with Gasteiger partial charge in [-0.2, -0.15) is 0 Å².